The summed E-state index contributed by atoms with van der Waals surface area (Å²) in [7, 11) is 0. The number of nitrogens with two attached hydrogens (primary N) is 1. The highest BCUT2D eigenvalue weighted by Gasteiger charge is 2.17. The summed E-state index contributed by atoms with van der Waals surface area (Å²) in [4.78, 5) is 17.6. The van der Waals surface area contributed by atoms with Gasteiger partial charge in [-0.25, -0.2) is 9.97 Å². The number of nitrogens with one attached hydrogen (secondary N) is 1. The summed E-state index contributed by atoms with van der Waals surface area (Å²) in [6.45, 7) is 10.1. The van der Waals surface area contributed by atoms with E-state index in [-0.39, 0.29) is 0 Å². The molecule has 0 saturated carbocycles. The fourth-order valence-corrected chi connectivity index (χ4v) is 2.71. The summed E-state index contributed by atoms with van der Waals surface area (Å²) in [5.41, 5.74) is 5.85. The van der Waals surface area contributed by atoms with E-state index in [2.05, 4.69) is 30.1 Å². The van der Waals surface area contributed by atoms with Crippen molar-refractivity contribution in [3.8, 4) is 0 Å². The van der Waals surface area contributed by atoms with E-state index in [0.29, 0.717) is 12.5 Å². The summed E-state index contributed by atoms with van der Waals surface area (Å²) < 4.78 is 5.27. The Morgan fingerprint density at radius 2 is 2.00 bits per heavy atom. The molecular weight excluding hydrogens is 318 g/mol. The molecule has 0 atom stereocenters. The van der Waals surface area contributed by atoms with Crippen molar-refractivity contribution in [2.75, 3.05) is 63.9 Å². The molecular formula is C17H31N7O. The van der Waals surface area contributed by atoms with Gasteiger partial charge in [0.15, 0.2) is 5.96 Å². The van der Waals surface area contributed by atoms with Crippen molar-refractivity contribution in [1.29, 1.82) is 0 Å². The van der Waals surface area contributed by atoms with Crippen LogP contribution in [0.5, 0.6) is 0 Å². The predicted octanol–water partition coefficient (Wildman–Crippen LogP) is 0.320. The Kier molecular flexibility index (Phi) is 9.00. The normalized spacial score (nSPS) is 16.2. The van der Waals surface area contributed by atoms with E-state index in [4.69, 9.17) is 10.5 Å². The Hall–Kier alpha value is -1.93. The Labute approximate surface area is 150 Å². The molecule has 2 rings (SSSR count). The van der Waals surface area contributed by atoms with E-state index in [1.165, 1.54) is 0 Å². The topological polar surface area (TPSA) is 91.9 Å². The number of rotatable bonds is 10. The first-order chi connectivity index (χ1) is 12.3. The standard InChI is InChI=1S/C17H31N7O/c1-2-25-15-5-9-20-16(18)19-8-4-10-23-11-13-24(14-12-23)17-21-6-3-7-22-17/h3,6-7H,2,4-5,8-15H2,1H3,(H3,18,19,20). The summed E-state index contributed by atoms with van der Waals surface area (Å²) in [5.74, 6) is 1.36. The number of ether oxygens (including phenoxy) is 1. The van der Waals surface area contributed by atoms with Gasteiger partial charge in [0, 0.05) is 64.9 Å². The molecule has 1 aromatic rings. The Bertz CT molecular complexity index is 489. The highest BCUT2D eigenvalue weighted by Crippen LogP contribution is 2.09. The monoisotopic (exact) mass is 349 g/mol. The summed E-state index contributed by atoms with van der Waals surface area (Å²) in [6, 6.07) is 1.85. The lowest BCUT2D eigenvalue weighted by Crippen LogP contribution is -2.47. The molecule has 0 bridgehead atoms. The molecule has 1 aliphatic heterocycles. The van der Waals surface area contributed by atoms with Crippen molar-refractivity contribution < 1.29 is 4.74 Å². The Morgan fingerprint density at radius 3 is 2.72 bits per heavy atom. The van der Waals surface area contributed by atoms with Crippen molar-refractivity contribution in [2.24, 2.45) is 10.7 Å². The number of guanidine groups is 1. The van der Waals surface area contributed by atoms with Gasteiger partial charge in [-0.3, -0.25) is 9.89 Å². The Morgan fingerprint density at radius 1 is 1.24 bits per heavy atom. The predicted molar refractivity (Wildman–Crippen MR) is 101 cm³/mol. The van der Waals surface area contributed by atoms with Crippen molar-refractivity contribution in [3.63, 3.8) is 0 Å². The van der Waals surface area contributed by atoms with E-state index in [9.17, 15) is 0 Å². The van der Waals surface area contributed by atoms with Gasteiger partial charge >= 0.3 is 0 Å². The maximum atomic E-state index is 5.85. The number of anilines is 1. The van der Waals surface area contributed by atoms with Gasteiger partial charge in [0.25, 0.3) is 0 Å². The molecule has 1 saturated heterocycles. The first kappa shape index (κ1) is 19.4. The highest BCUT2D eigenvalue weighted by molar-refractivity contribution is 5.77. The van der Waals surface area contributed by atoms with Crippen LogP contribution in [0, 0.1) is 0 Å². The lowest BCUT2D eigenvalue weighted by Gasteiger charge is -2.34. The van der Waals surface area contributed by atoms with Crippen LogP contribution in [0.1, 0.15) is 19.8 Å². The average Bonchev–Trinajstić information content (AvgIpc) is 2.66. The third kappa shape index (κ3) is 7.66. The van der Waals surface area contributed by atoms with Gasteiger partial charge in [-0.1, -0.05) is 0 Å². The molecule has 0 radical (unpaired) electrons. The second-order valence-corrected chi connectivity index (χ2v) is 5.98. The number of piperazine rings is 1. The van der Waals surface area contributed by atoms with Crippen LogP contribution in [0.4, 0.5) is 5.95 Å². The molecule has 8 nitrogen and oxygen atoms in total. The molecule has 0 unspecified atom stereocenters. The third-order valence-corrected chi connectivity index (χ3v) is 4.10. The maximum absolute atomic E-state index is 5.85. The van der Waals surface area contributed by atoms with E-state index in [1.54, 1.807) is 12.4 Å². The van der Waals surface area contributed by atoms with Crippen molar-refractivity contribution >= 4 is 11.9 Å². The molecule has 2 heterocycles. The van der Waals surface area contributed by atoms with E-state index >= 15 is 0 Å². The van der Waals surface area contributed by atoms with Crippen molar-refractivity contribution in [2.45, 2.75) is 19.8 Å². The molecule has 3 N–H and O–H groups in total. The van der Waals surface area contributed by atoms with E-state index < -0.39 is 0 Å². The minimum Gasteiger partial charge on any atom is -0.382 e. The quantitative estimate of drug-likeness (QED) is 0.357. The zero-order chi connectivity index (χ0) is 17.7. The molecule has 0 aromatic carbocycles. The number of nitrogens with zero attached hydrogens (tertiary/aromatic N) is 5. The minimum atomic E-state index is 0.530. The van der Waals surface area contributed by atoms with Crippen LogP contribution in [0.25, 0.3) is 0 Å². The average molecular weight is 349 g/mol. The molecule has 0 spiro atoms. The Balaban J connectivity index is 1.52. The zero-order valence-corrected chi connectivity index (χ0v) is 15.2. The highest BCUT2D eigenvalue weighted by atomic mass is 16.5. The molecule has 25 heavy (non-hydrogen) atoms. The molecule has 0 amide bonds. The molecule has 0 aliphatic carbocycles. The summed E-state index contributed by atoms with van der Waals surface area (Å²) in [5, 5.41) is 3.18. The van der Waals surface area contributed by atoms with Crippen molar-refractivity contribution in [1.82, 2.24) is 20.2 Å². The molecule has 1 aromatic heterocycles. The van der Waals surface area contributed by atoms with Crippen LogP contribution >= 0.6 is 0 Å². The second-order valence-electron chi connectivity index (χ2n) is 5.98. The van der Waals surface area contributed by atoms with Gasteiger partial charge in [-0.15, -0.1) is 0 Å². The van der Waals surface area contributed by atoms with Gasteiger partial charge in [-0.05, 0) is 32.4 Å². The fraction of sp³-hybridized carbons (Fsp3) is 0.706. The third-order valence-electron chi connectivity index (χ3n) is 4.10. The van der Waals surface area contributed by atoms with E-state index in [0.717, 1.165) is 71.3 Å². The molecule has 1 fully saturated rings. The van der Waals surface area contributed by atoms with Crippen LogP contribution in [-0.4, -0.2) is 79.9 Å². The van der Waals surface area contributed by atoms with Gasteiger partial charge < -0.3 is 20.7 Å². The molecule has 140 valence electrons. The number of hydrogen-bond donors (Lipinski definition) is 2. The smallest absolute Gasteiger partial charge is 0.225 e. The first-order valence-corrected chi connectivity index (χ1v) is 9.15. The SMILES string of the molecule is CCOCCCN=C(N)NCCCN1CCN(c2ncccn2)CC1. The molecule has 1 aliphatic rings. The number of aliphatic imine (C=N–C) groups is 1. The van der Waals surface area contributed by atoms with Crippen molar-refractivity contribution in [3.05, 3.63) is 18.5 Å². The van der Waals surface area contributed by atoms with Gasteiger partial charge in [0.05, 0.1) is 0 Å². The summed E-state index contributed by atoms with van der Waals surface area (Å²) in [6.07, 6.45) is 5.55. The molecule has 8 heteroatoms. The van der Waals surface area contributed by atoms with Crippen LogP contribution < -0.4 is 16.0 Å². The van der Waals surface area contributed by atoms with Gasteiger partial charge in [0.1, 0.15) is 0 Å². The lowest BCUT2D eigenvalue weighted by molar-refractivity contribution is 0.146. The maximum Gasteiger partial charge on any atom is 0.225 e. The van der Waals surface area contributed by atoms with Crippen LogP contribution in [0.3, 0.4) is 0 Å². The largest absolute Gasteiger partial charge is 0.382 e. The number of aromatic nitrogens is 2. The van der Waals surface area contributed by atoms with Crippen LogP contribution in [0.2, 0.25) is 0 Å². The van der Waals surface area contributed by atoms with E-state index in [1.807, 2.05) is 13.0 Å². The first-order valence-electron chi connectivity index (χ1n) is 9.15. The number of hydrogen-bond acceptors (Lipinski definition) is 6. The van der Waals surface area contributed by atoms with Crippen LogP contribution in [-0.2, 0) is 4.74 Å². The fourth-order valence-electron chi connectivity index (χ4n) is 2.71. The second kappa shape index (κ2) is 11.6. The van der Waals surface area contributed by atoms with Gasteiger partial charge in [0.2, 0.25) is 5.95 Å². The minimum absolute atomic E-state index is 0.530. The zero-order valence-electron chi connectivity index (χ0n) is 15.2. The van der Waals surface area contributed by atoms with Gasteiger partial charge in [-0.2, -0.15) is 0 Å². The summed E-state index contributed by atoms with van der Waals surface area (Å²) >= 11 is 0. The lowest BCUT2D eigenvalue weighted by atomic mass is 10.3. The van der Waals surface area contributed by atoms with Crippen LogP contribution in [0.15, 0.2) is 23.5 Å².